The summed E-state index contributed by atoms with van der Waals surface area (Å²) in [5, 5.41) is 7.50. The maximum absolute atomic E-state index is 4.39. The lowest BCUT2D eigenvalue weighted by atomic mass is 10.4. The van der Waals surface area contributed by atoms with E-state index in [0.29, 0.717) is 5.95 Å². The van der Waals surface area contributed by atoms with Crippen molar-refractivity contribution in [1.82, 2.24) is 24.6 Å². The lowest BCUT2D eigenvalue weighted by molar-refractivity contribution is 0.901. The van der Waals surface area contributed by atoms with Gasteiger partial charge < -0.3 is 10.3 Å². The molecule has 92 valence electrons. The summed E-state index contributed by atoms with van der Waals surface area (Å²) in [4.78, 5) is 11.6. The van der Waals surface area contributed by atoms with Gasteiger partial charge in [-0.3, -0.25) is 0 Å². The molecule has 0 bridgehead atoms. The van der Waals surface area contributed by atoms with Crippen molar-refractivity contribution in [2.45, 2.75) is 6.42 Å². The first-order valence-electron chi connectivity index (χ1n) is 5.56. The number of nitrogens with one attached hydrogen (secondary N) is 2. The van der Waals surface area contributed by atoms with Gasteiger partial charge in [-0.1, -0.05) is 0 Å². The fourth-order valence-corrected chi connectivity index (χ4v) is 2.10. The molecular weight excluding hydrogens is 296 g/mol. The van der Waals surface area contributed by atoms with Crippen LogP contribution in [0.1, 0.15) is 5.82 Å². The second kappa shape index (κ2) is 4.77. The summed E-state index contributed by atoms with van der Waals surface area (Å²) in [5.74, 6) is 1.57. The molecule has 18 heavy (non-hydrogen) atoms. The molecule has 0 aliphatic rings. The van der Waals surface area contributed by atoms with E-state index in [1.54, 1.807) is 10.7 Å². The normalized spacial score (nSPS) is 10.9. The fraction of sp³-hybridized carbons (Fsp3) is 0.182. The Balaban J connectivity index is 1.69. The minimum atomic E-state index is 0.619. The minimum absolute atomic E-state index is 0.619. The summed E-state index contributed by atoms with van der Waals surface area (Å²) >= 11 is 3.44. The maximum Gasteiger partial charge on any atom is 0.243 e. The van der Waals surface area contributed by atoms with Gasteiger partial charge in [-0.15, -0.1) is 5.10 Å². The number of hydrogen-bond donors (Lipinski definition) is 2. The van der Waals surface area contributed by atoms with Crippen molar-refractivity contribution in [3.8, 4) is 0 Å². The molecule has 7 heteroatoms. The van der Waals surface area contributed by atoms with Crippen LogP contribution < -0.4 is 5.32 Å². The molecule has 2 N–H and O–H groups in total. The average molecular weight is 307 g/mol. The molecule has 0 fully saturated rings. The Morgan fingerprint density at radius 2 is 2.39 bits per heavy atom. The Morgan fingerprint density at radius 3 is 3.17 bits per heavy atom. The molecular formula is C11H11BrN6. The van der Waals surface area contributed by atoms with Gasteiger partial charge in [0, 0.05) is 31.6 Å². The molecule has 0 aliphatic heterocycles. The number of anilines is 1. The molecule has 0 spiro atoms. The zero-order valence-corrected chi connectivity index (χ0v) is 11.1. The molecule has 6 nitrogen and oxygen atoms in total. The summed E-state index contributed by atoms with van der Waals surface area (Å²) in [7, 11) is 0. The maximum atomic E-state index is 4.39. The summed E-state index contributed by atoms with van der Waals surface area (Å²) in [6, 6.07) is 3.86. The molecule has 3 aromatic heterocycles. The van der Waals surface area contributed by atoms with Gasteiger partial charge >= 0.3 is 0 Å². The number of pyridine rings is 1. The van der Waals surface area contributed by atoms with Gasteiger partial charge in [0.2, 0.25) is 5.95 Å². The first-order valence-corrected chi connectivity index (χ1v) is 6.35. The Morgan fingerprint density at radius 1 is 1.44 bits per heavy atom. The second-order valence-corrected chi connectivity index (χ2v) is 4.63. The van der Waals surface area contributed by atoms with Crippen LogP contribution in [0.3, 0.4) is 0 Å². The first kappa shape index (κ1) is 11.2. The molecule has 0 unspecified atom stereocenters. The van der Waals surface area contributed by atoms with Crippen LogP contribution in [-0.2, 0) is 6.42 Å². The molecule has 3 rings (SSSR count). The van der Waals surface area contributed by atoms with Crippen LogP contribution in [0.5, 0.6) is 0 Å². The predicted molar refractivity (Wildman–Crippen MR) is 71.5 cm³/mol. The summed E-state index contributed by atoms with van der Waals surface area (Å²) in [6.45, 7) is 0.738. The molecule has 0 aromatic carbocycles. The van der Waals surface area contributed by atoms with Gasteiger partial charge in [0.25, 0.3) is 0 Å². The van der Waals surface area contributed by atoms with Crippen LogP contribution in [0.2, 0.25) is 0 Å². The summed E-state index contributed by atoms with van der Waals surface area (Å²) in [5.41, 5.74) is 0.804. The molecule has 0 amide bonds. The van der Waals surface area contributed by atoms with E-state index in [2.05, 4.69) is 41.3 Å². The third-order valence-electron chi connectivity index (χ3n) is 2.51. The number of H-pyrrole nitrogens is 1. The Bertz CT molecular complexity index is 645. The monoisotopic (exact) mass is 306 g/mol. The van der Waals surface area contributed by atoms with E-state index in [-0.39, 0.29) is 0 Å². The van der Waals surface area contributed by atoms with E-state index in [4.69, 9.17) is 0 Å². The van der Waals surface area contributed by atoms with E-state index < -0.39 is 0 Å². The number of hydrogen-bond acceptors (Lipinski definition) is 4. The number of rotatable bonds is 4. The average Bonchev–Trinajstić information content (AvgIpc) is 2.98. The van der Waals surface area contributed by atoms with Crippen molar-refractivity contribution >= 4 is 27.5 Å². The largest absolute Gasteiger partial charge is 0.352 e. The Kier molecular flexibility index (Phi) is 2.97. The number of halogens is 1. The third-order valence-corrected chi connectivity index (χ3v) is 3.13. The second-order valence-electron chi connectivity index (χ2n) is 3.77. The number of fused-ring (bicyclic) bond motifs is 1. The van der Waals surface area contributed by atoms with Gasteiger partial charge in [0.1, 0.15) is 5.82 Å². The molecule has 0 saturated heterocycles. The van der Waals surface area contributed by atoms with Crippen LogP contribution in [0.15, 0.2) is 35.2 Å². The van der Waals surface area contributed by atoms with E-state index in [9.17, 15) is 0 Å². The lowest BCUT2D eigenvalue weighted by Crippen LogP contribution is -2.07. The van der Waals surface area contributed by atoms with Crippen LogP contribution in [-0.4, -0.2) is 31.1 Å². The van der Waals surface area contributed by atoms with Crippen LogP contribution in [0, 0.1) is 0 Å². The summed E-state index contributed by atoms with van der Waals surface area (Å²) < 4.78 is 2.66. The van der Waals surface area contributed by atoms with Gasteiger partial charge in [-0.25, -0.2) is 9.50 Å². The highest BCUT2D eigenvalue weighted by atomic mass is 79.9. The van der Waals surface area contributed by atoms with Gasteiger partial charge in [0.05, 0.1) is 4.47 Å². The van der Waals surface area contributed by atoms with Crippen molar-refractivity contribution in [2.75, 3.05) is 11.9 Å². The van der Waals surface area contributed by atoms with Crippen LogP contribution in [0.4, 0.5) is 5.95 Å². The molecule has 0 saturated carbocycles. The zero-order valence-electron chi connectivity index (χ0n) is 9.47. The lowest BCUT2D eigenvalue weighted by Gasteiger charge is -1.98. The van der Waals surface area contributed by atoms with Crippen molar-refractivity contribution in [2.24, 2.45) is 0 Å². The highest BCUT2D eigenvalue weighted by molar-refractivity contribution is 9.10. The molecule has 3 heterocycles. The molecule has 0 atom stereocenters. The van der Waals surface area contributed by atoms with Crippen molar-refractivity contribution in [1.29, 1.82) is 0 Å². The van der Waals surface area contributed by atoms with Crippen molar-refractivity contribution in [3.63, 3.8) is 0 Å². The number of aromatic amines is 1. The molecule has 0 aliphatic carbocycles. The Labute approximate surface area is 112 Å². The minimum Gasteiger partial charge on any atom is -0.352 e. The third kappa shape index (κ3) is 2.21. The fourth-order valence-electron chi connectivity index (χ4n) is 1.68. The number of nitrogens with zero attached hydrogens (tertiary/aromatic N) is 4. The van der Waals surface area contributed by atoms with E-state index in [0.717, 1.165) is 28.9 Å². The standard InChI is InChI=1S/C11H11BrN6/c12-8-2-1-7-18-10(8)16-11(17-18)15-4-3-9-13-5-6-14-9/h1-2,5-7H,3-4H2,(H,13,14)(H,15,17). The van der Waals surface area contributed by atoms with Crippen LogP contribution in [0.25, 0.3) is 5.65 Å². The smallest absolute Gasteiger partial charge is 0.243 e. The highest BCUT2D eigenvalue weighted by Gasteiger charge is 2.05. The van der Waals surface area contributed by atoms with Gasteiger partial charge in [-0.2, -0.15) is 4.98 Å². The zero-order chi connectivity index (χ0) is 12.4. The van der Waals surface area contributed by atoms with Gasteiger partial charge in [-0.05, 0) is 28.1 Å². The van der Waals surface area contributed by atoms with Gasteiger partial charge in [0.15, 0.2) is 5.65 Å². The first-order chi connectivity index (χ1) is 8.83. The number of imidazole rings is 1. The van der Waals surface area contributed by atoms with E-state index >= 15 is 0 Å². The quantitative estimate of drug-likeness (QED) is 0.772. The van der Waals surface area contributed by atoms with Crippen LogP contribution >= 0.6 is 15.9 Å². The Hall–Kier alpha value is -1.89. The van der Waals surface area contributed by atoms with Crippen molar-refractivity contribution in [3.05, 3.63) is 41.0 Å². The van der Waals surface area contributed by atoms with E-state index in [1.165, 1.54) is 0 Å². The molecule has 0 radical (unpaired) electrons. The van der Waals surface area contributed by atoms with Crippen molar-refractivity contribution < 1.29 is 0 Å². The highest BCUT2D eigenvalue weighted by Crippen LogP contribution is 2.16. The number of aromatic nitrogens is 5. The SMILES string of the molecule is Brc1cccn2nc(NCCc3ncc[nH]3)nc12. The summed E-state index contributed by atoms with van der Waals surface area (Å²) in [6.07, 6.45) is 6.24. The molecule has 3 aromatic rings. The predicted octanol–water partition coefficient (Wildman–Crippen LogP) is 1.87. The van der Waals surface area contributed by atoms with E-state index in [1.807, 2.05) is 24.5 Å². The topological polar surface area (TPSA) is 70.9 Å².